The first kappa shape index (κ1) is 24.3. The molecule has 1 aromatic carbocycles. The molecule has 4 N–H and O–H groups in total. The van der Waals surface area contributed by atoms with Gasteiger partial charge in [0.05, 0.1) is 28.4 Å². The van der Waals surface area contributed by atoms with Crippen LogP contribution in [0.5, 0.6) is 0 Å². The number of halogens is 1. The Morgan fingerprint density at radius 3 is 2.47 bits per heavy atom. The summed E-state index contributed by atoms with van der Waals surface area (Å²) < 4.78 is 14.6. The van der Waals surface area contributed by atoms with E-state index >= 15 is 0 Å². The molecule has 36 heavy (non-hydrogen) atoms. The predicted molar refractivity (Wildman–Crippen MR) is 133 cm³/mol. The minimum absolute atomic E-state index is 0.0897. The fourth-order valence-electron chi connectivity index (χ4n) is 4.08. The summed E-state index contributed by atoms with van der Waals surface area (Å²) >= 11 is 0. The second-order valence-corrected chi connectivity index (χ2v) is 7.92. The van der Waals surface area contributed by atoms with Crippen molar-refractivity contribution >= 4 is 46.7 Å². The molecule has 186 valence electrons. The fourth-order valence-corrected chi connectivity index (χ4v) is 4.08. The summed E-state index contributed by atoms with van der Waals surface area (Å²) in [6, 6.07) is 9.20. The number of hydrogen-bond acceptors (Lipinski definition) is 8. The SMILES string of the molecule is C=NN(/C(=N\N)N1CCN(C(=O)C(=O)c2c[nH]c3c(/C(C)=N/O)ncc(F)c23)CC1)c1ccccc1. The van der Waals surface area contributed by atoms with E-state index in [4.69, 9.17) is 11.0 Å². The lowest BCUT2D eigenvalue weighted by Gasteiger charge is -2.37. The lowest BCUT2D eigenvalue weighted by atomic mass is 10.1. The Morgan fingerprint density at radius 1 is 1.19 bits per heavy atom. The number of nitrogens with zero attached hydrogens (tertiary/aromatic N) is 7. The first-order valence-corrected chi connectivity index (χ1v) is 10.9. The fraction of sp³-hybridized carbons (Fsp3) is 0.217. The maximum atomic E-state index is 14.6. The second kappa shape index (κ2) is 10.2. The largest absolute Gasteiger partial charge is 0.411 e. The topological polar surface area (TPSA) is 156 Å². The molecule has 4 rings (SSSR count). The minimum Gasteiger partial charge on any atom is -0.411 e. The number of hydrazone groups is 2. The highest BCUT2D eigenvalue weighted by Crippen LogP contribution is 2.25. The molecule has 0 atom stereocenters. The molecule has 3 heterocycles. The van der Waals surface area contributed by atoms with Crippen LogP contribution in [0.4, 0.5) is 10.1 Å². The number of nitrogens with one attached hydrogen (secondary N) is 1. The van der Waals surface area contributed by atoms with Gasteiger partial charge >= 0.3 is 0 Å². The van der Waals surface area contributed by atoms with Gasteiger partial charge in [0.2, 0.25) is 5.96 Å². The highest BCUT2D eigenvalue weighted by Gasteiger charge is 2.32. The van der Waals surface area contributed by atoms with Crippen molar-refractivity contribution in [1.29, 1.82) is 0 Å². The number of Topliss-reactive ketones (excluding diaryl/α,β-unsaturated/α-hetero) is 1. The van der Waals surface area contributed by atoms with E-state index in [9.17, 15) is 14.0 Å². The molecule has 1 amide bonds. The monoisotopic (exact) mass is 493 g/mol. The number of pyridine rings is 1. The molecule has 13 heteroatoms. The summed E-state index contributed by atoms with van der Waals surface area (Å²) in [5.74, 6) is 3.58. The van der Waals surface area contributed by atoms with Crippen LogP contribution in [0.15, 0.2) is 58.1 Å². The molecule has 1 fully saturated rings. The first-order chi connectivity index (χ1) is 17.4. The Labute approximate surface area is 205 Å². The third-order valence-corrected chi connectivity index (χ3v) is 5.89. The molecule has 12 nitrogen and oxygen atoms in total. The van der Waals surface area contributed by atoms with E-state index in [0.29, 0.717) is 24.7 Å². The molecule has 0 saturated carbocycles. The van der Waals surface area contributed by atoms with Crippen LogP contribution in [-0.4, -0.2) is 81.2 Å². The van der Waals surface area contributed by atoms with E-state index in [0.717, 1.165) is 6.20 Å². The number of para-hydroxylation sites is 1. The van der Waals surface area contributed by atoms with E-state index < -0.39 is 17.5 Å². The van der Waals surface area contributed by atoms with Crippen molar-refractivity contribution in [1.82, 2.24) is 19.8 Å². The summed E-state index contributed by atoms with van der Waals surface area (Å²) in [5.41, 5.74) is 1.04. The number of aromatic amines is 1. The number of anilines is 1. The van der Waals surface area contributed by atoms with Gasteiger partial charge in [-0.25, -0.2) is 9.37 Å². The third kappa shape index (κ3) is 4.33. The summed E-state index contributed by atoms with van der Waals surface area (Å²) in [7, 11) is 0. The zero-order valence-electron chi connectivity index (χ0n) is 19.4. The van der Waals surface area contributed by atoms with Crippen molar-refractivity contribution in [3.63, 3.8) is 0 Å². The second-order valence-electron chi connectivity index (χ2n) is 7.92. The van der Waals surface area contributed by atoms with Gasteiger partial charge in [-0.2, -0.15) is 10.1 Å². The van der Waals surface area contributed by atoms with Gasteiger partial charge in [0, 0.05) is 39.1 Å². The normalized spacial score (nSPS) is 14.7. The van der Waals surface area contributed by atoms with Crippen LogP contribution in [0.25, 0.3) is 10.9 Å². The maximum absolute atomic E-state index is 14.6. The summed E-state index contributed by atoms with van der Waals surface area (Å²) in [6.07, 6.45) is 2.17. The number of carbonyl (C=O) groups excluding carboxylic acids is 2. The van der Waals surface area contributed by atoms with Gasteiger partial charge in [0.15, 0.2) is 5.82 Å². The molecule has 0 unspecified atom stereocenters. The van der Waals surface area contributed by atoms with Gasteiger partial charge in [-0.05, 0) is 19.1 Å². The zero-order chi connectivity index (χ0) is 25.8. The van der Waals surface area contributed by atoms with Gasteiger partial charge in [0.1, 0.15) is 11.4 Å². The average Bonchev–Trinajstić information content (AvgIpc) is 3.37. The van der Waals surface area contributed by atoms with Gasteiger partial charge in [0.25, 0.3) is 11.7 Å². The number of ketones is 1. The van der Waals surface area contributed by atoms with Gasteiger partial charge in [-0.15, -0.1) is 5.10 Å². The van der Waals surface area contributed by atoms with Crippen molar-refractivity contribution < 1.29 is 19.2 Å². The van der Waals surface area contributed by atoms with Gasteiger partial charge < -0.3 is 25.8 Å². The molecule has 0 spiro atoms. The van der Waals surface area contributed by atoms with E-state index in [1.165, 1.54) is 23.0 Å². The number of nitrogens with two attached hydrogens (primary N) is 1. The smallest absolute Gasteiger partial charge is 0.295 e. The number of oxime groups is 1. The molecule has 0 radical (unpaired) electrons. The maximum Gasteiger partial charge on any atom is 0.295 e. The highest BCUT2D eigenvalue weighted by atomic mass is 19.1. The van der Waals surface area contributed by atoms with Crippen molar-refractivity contribution in [2.24, 2.45) is 21.2 Å². The molecule has 2 aromatic heterocycles. The third-order valence-electron chi connectivity index (χ3n) is 5.89. The van der Waals surface area contributed by atoms with Crippen LogP contribution in [0, 0.1) is 5.82 Å². The number of benzene rings is 1. The number of rotatable bonds is 5. The quantitative estimate of drug-likeness (QED) is 0.0927. The number of carbonyl (C=O) groups is 2. The number of guanidine groups is 1. The minimum atomic E-state index is -0.865. The van der Waals surface area contributed by atoms with Crippen LogP contribution in [0.2, 0.25) is 0 Å². The standard InChI is InChI=1S/C23H24FN9O3/c1-14(30-36)19-20-18(17(24)13-28-19)16(12-27-20)21(34)22(35)31-8-10-32(11-9-31)23(29-25)33(26-2)15-6-4-3-5-7-15/h3-7,12-13,27,36H,2,8-11,25H2,1H3/b29-23-,30-14+. The van der Waals surface area contributed by atoms with E-state index in [2.05, 4.69) is 32.0 Å². The summed E-state index contributed by atoms with van der Waals surface area (Å²) in [5, 5.41) is 21.4. The molecule has 1 aliphatic rings. The Hall–Kier alpha value is -4.81. The van der Waals surface area contributed by atoms with Crippen LogP contribution in [0.1, 0.15) is 23.0 Å². The molecule has 3 aromatic rings. The Balaban J connectivity index is 1.50. The molecular weight excluding hydrogens is 469 g/mol. The summed E-state index contributed by atoms with van der Waals surface area (Å²) in [4.78, 5) is 36.0. The Bertz CT molecular complexity index is 1360. The Morgan fingerprint density at radius 2 is 1.86 bits per heavy atom. The van der Waals surface area contributed by atoms with E-state index in [1.54, 1.807) is 0 Å². The number of fused-ring (bicyclic) bond motifs is 1. The van der Waals surface area contributed by atoms with Gasteiger partial charge in [-0.3, -0.25) is 9.59 Å². The van der Waals surface area contributed by atoms with Crippen LogP contribution in [0.3, 0.4) is 0 Å². The number of hydrogen-bond donors (Lipinski definition) is 3. The lowest BCUT2D eigenvalue weighted by molar-refractivity contribution is -0.127. The van der Waals surface area contributed by atoms with Gasteiger partial charge in [-0.1, -0.05) is 23.4 Å². The number of aromatic nitrogens is 2. The van der Waals surface area contributed by atoms with E-state index in [-0.39, 0.29) is 41.0 Å². The molecule has 0 aliphatic carbocycles. The highest BCUT2D eigenvalue weighted by molar-refractivity contribution is 6.45. The van der Waals surface area contributed by atoms with Crippen LogP contribution < -0.4 is 10.9 Å². The van der Waals surface area contributed by atoms with Crippen molar-refractivity contribution in [2.45, 2.75) is 6.92 Å². The average molecular weight is 494 g/mol. The van der Waals surface area contributed by atoms with Crippen LogP contribution in [-0.2, 0) is 4.79 Å². The number of piperazine rings is 1. The number of amides is 1. The molecule has 0 bridgehead atoms. The van der Waals surface area contributed by atoms with Crippen molar-refractivity contribution in [3.05, 3.63) is 59.8 Å². The molecular formula is C23H24FN9O3. The molecule has 1 saturated heterocycles. The molecule has 1 aliphatic heterocycles. The zero-order valence-corrected chi connectivity index (χ0v) is 19.4. The van der Waals surface area contributed by atoms with Crippen LogP contribution >= 0.6 is 0 Å². The lowest BCUT2D eigenvalue weighted by Crippen LogP contribution is -2.55. The predicted octanol–water partition coefficient (Wildman–Crippen LogP) is 1.58. The number of H-pyrrole nitrogens is 1. The first-order valence-electron chi connectivity index (χ1n) is 10.9. The van der Waals surface area contributed by atoms with Crippen molar-refractivity contribution in [2.75, 3.05) is 31.2 Å². The summed E-state index contributed by atoms with van der Waals surface area (Å²) in [6.45, 7) is 6.14. The van der Waals surface area contributed by atoms with Crippen molar-refractivity contribution in [3.8, 4) is 0 Å². The Kier molecular flexibility index (Phi) is 6.90. The van der Waals surface area contributed by atoms with E-state index in [1.807, 2.05) is 35.2 Å².